The van der Waals surface area contributed by atoms with Crippen molar-refractivity contribution in [1.82, 2.24) is 4.98 Å². The molecule has 0 aliphatic heterocycles. The van der Waals surface area contributed by atoms with E-state index in [4.69, 9.17) is 0 Å². The first-order chi connectivity index (χ1) is 7.61. The molecular formula is C14H22NPPd. The SMILES string of the molecule is CC(C)P(C=CCc1ccccn1)C(C)C.[Pd]. The van der Waals surface area contributed by atoms with Gasteiger partial charge < -0.3 is 0 Å². The molecule has 1 aromatic heterocycles. The summed E-state index contributed by atoms with van der Waals surface area (Å²) in [7, 11) is 0.0168. The quantitative estimate of drug-likeness (QED) is 0.570. The third-order valence-electron chi connectivity index (χ3n) is 2.52. The Morgan fingerprint density at radius 3 is 2.29 bits per heavy atom. The Morgan fingerprint density at radius 2 is 1.82 bits per heavy atom. The fourth-order valence-electron chi connectivity index (χ4n) is 1.75. The van der Waals surface area contributed by atoms with E-state index in [9.17, 15) is 0 Å². The zero-order chi connectivity index (χ0) is 12.0. The molecule has 1 aromatic rings. The van der Waals surface area contributed by atoms with Gasteiger partial charge in [0.1, 0.15) is 0 Å². The van der Waals surface area contributed by atoms with Crippen molar-refractivity contribution in [1.29, 1.82) is 0 Å². The maximum absolute atomic E-state index is 4.32. The molecule has 0 radical (unpaired) electrons. The molecule has 0 bridgehead atoms. The van der Waals surface area contributed by atoms with Crippen LogP contribution in [0.3, 0.4) is 0 Å². The first kappa shape index (κ1) is 17.0. The molecule has 0 fully saturated rings. The first-order valence-corrected chi connectivity index (χ1v) is 7.50. The number of aromatic nitrogens is 1. The van der Waals surface area contributed by atoms with Crippen LogP contribution < -0.4 is 0 Å². The van der Waals surface area contributed by atoms with Crippen LogP contribution in [0, 0.1) is 0 Å². The largest absolute Gasteiger partial charge is 0.261 e. The van der Waals surface area contributed by atoms with Crippen molar-refractivity contribution in [2.45, 2.75) is 45.4 Å². The normalized spacial score (nSPS) is 11.5. The molecule has 0 aliphatic rings. The molecule has 0 N–H and O–H groups in total. The molecular weight excluding hydrogens is 320 g/mol. The second-order valence-corrected chi connectivity index (χ2v) is 7.80. The van der Waals surface area contributed by atoms with E-state index in [0.29, 0.717) is 0 Å². The van der Waals surface area contributed by atoms with Crippen molar-refractivity contribution in [3.8, 4) is 0 Å². The van der Waals surface area contributed by atoms with Crippen molar-refractivity contribution < 1.29 is 20.4 Å². The minimum Gasteiger partial charge on any atom is -0.261 e. The van der Waals surface area contributed by atoms with E-state index in [1.165, 1.54) is 0 Å². The van der Waals surface area contributed by atoms with Gasteiger partial charge in [0.2, 0.25) is 0 Å². The second kappa shape index (κ2) is 8.98. The number of pyridine rings is 1. The molecule has 1 nitrogen and oxygen atoms in total. The van der Waals surface area contributed by atoms with Crippen LogP contribution in [0.2, 0.25) is 0 Å². The minimum absolute atomic E-state index is 0. The van der Waals surface area contributed by atoms with Crippen LogP contribution in [0.25, 0.3) is 0 Å². The fourth-order valence-corrected chi connectivity index (χ4v) is 3.98. The summed E-state index contributed by atoms with van der Waals surface area (Å²) in [6, 6.07) is 6.09. The molecule has 0 amide bonds. The van der Waals surface area contributed by atoms with Gasteiger partial charge in [-0.3, -0.25) is 4.98 Å². The Labute approximate surface area is 121 Å². The van der Waals surface area contributed by atoms with Crippen molar-refractivity contribution in [2.24, 2.45) is 0 Å². The Morgan fingerprint density at radius 1 is 1.18 bits per heavy atom. The molecule has 0 saturated heterocycles. The van der Waals surface area contributed by atoms with Gasteiger partial charge in [0.25, 0.3) is 0 Å². The van der Waals surface area contributed by atoms with E-state index in [1.54, 1.807) is 0 Å². The van der Waals surface area contributed by atoms with E-state index in [1.807, 2.05) is 18.3 Å². The maximum Gasteiger partial charge on any atom is 0.0441 e. The van der Waals surface area contributed by atoms with Crippen LogP contribution in [-0.4, -0.2) is 16.3 Å². The van der Waals surface area contributed by atoms with Crippen LogP contribution in [0.1, 0.15) is 33.4 Å². The van der Waals surface area contributed by atoms with Crippen LogP contribution in [0.5, 0.6) is 0 Å². The molecule has 98 valence electrons. The zero-order valence-electron chi connectivity index (χ0n) is 11.0. The van der Waals surface area contributed by atoms with E-state index in [-0.39, 0.29) is 28.3 Å². The first-order valence-electron chi connectivity index (χ1n) is 5.95. The zero-order valence-corrected chi connectivity index (χ0v) is 13.5. The topological polar surface area (TPSA) is 12.9 Å². The molecule has 0 aromatic carbocycles. The van der Waals surface area contributed by atoms with Crippen molar-refractivity contribution in [2.75, 3.05) is 0 Å². The molecule has 0 atom stereocenters. The van der Waals surface area contributed by atoms with Gasteiger partial charge in [-0.05, 0) is 23.5 Å². The van der Waals surface area contributed by atoms with Gasteiger partial charge in [0, 0.05) is 38.7 Å². The number of allylic oxidation sites excluding steroid dienone is 1. The maximum atomic E-state index is 4.32. The Kier molecular flexibility index (Phi) is 8.98. The number of nitrogens with zero attached hydrogens (tertiary/aromatic N) is 1. The van der Waals surface area contributed by atoms with Gasteiger partial charge in [-0.2, -0.15) is 0 Å². The van der Waals surface area contributed by atoms with Gasteiger partial charge in [-0.25, -0.2) is 0 Å². The Bertz CT molecular complexity index is 314. The number of hydrogen-bond acceptors (Lipinski definition) is 1. The summed E-state index contributed by atoms with van der Waals surface area (Å²) in [5.74, 6) is 2.42. The summed E-state index contributed by atoms with van der Waals surface area (Å²) in [4.78, 5) is 4.32. The molecule has 17 heavy (non-hydrogen) atoms. The van der Waals surface area contributed by atoms with Crippen molar-refractivity contribution >= 4 is 7.92 Å². The smallest absolute Gasteiger partial charge is 0.0441 e. The monoisotopic (exact) mass is 341 g/mol. The average Bonchev–Trinajstić information content (AvgIpc) is 2.24. The van der Waals surface area contributed by atoms with Gasteiger partial charge in [-0.15, -0.1) is 0 Å². The van der Waals surface area contributed by atoms with Crippen LogP contribution in [0.4, 0.5) is 0 Å². The fraction of sp³-hybridized carbons (Fsp3) is 0.500. The minimum atomic E-state index is 0. The average molecular weight is 342 g/mol. The molecule has 0 aliphatic carbocycles. The Balaban J connectivity index is 0.00000256. The summed E-state index contributed by atoms with van der Waals surface area (Å²) >= 11 is 0. The predicted octanol–water partition coefficient (Wildman–Crippen LogP) is 4.43. The van der Waals surface area contributed by atoms with E-state index in [2.05, 4.69) is 50.6 Å². The van der Waals surface area contributed by atoms with E-state index >= 15 is 0 Å². The van der Waals surface area contributed by atoms with Crippen LogP contribution in [-0.2, 0) is 26.8 Å². The summed E-state index contributed by atoms with van der Waals surface area (Å²) in [6.45, 7) is 9.27. The predicted molar refractivity (Wildman–Crippen MR) is 74.3 cm³/mol. The Hall–Kier alpha value is -0.0177. The van der Waals surface area contributed by atoms with Crippen molar-refractivity contribution in [3.05, 3.63) is 42.0 Å². The van der Waals surface area contributed by atoms with E-state index < -0.39 is 0 Å². The standard InChI is InChI=1S/C14H22NP.Pd/c1-12(2)16(13(3)4)11-7-9-14-8-5-6-10-15-14;/h5-8,10-13H,9H2,1-4H3;. The second-order valence-electron chi connectivity index (χ2n) is 4.54. The summed E-state index contributed by atoms with van der Waals surface area (Å²) < 4.78 is 0. The molecule has 1 rings (SSSR count). The molecule has 1 heterocycles. The third kappa shape index (κ3) is 6.47. The molecule has 0 saturated carbocycles. The molecule has 0 spiro atoms. The molecule has 3 heteroatoms. The van der Waals surface area contributed by atoms with E-state index in [0.717, 1.165) is 23.4 Å². The van der Waals surface area contributed by atoms with Gasteiger partial charge in [-0.1, -0.05) is 53.6 Å². The van der Waals surface area contributed by atoms with Gasteiger partial charge >= 0.3 is 0 Å². The molecule has 0 unspecified atom stereocenters. The van der Waals surface area contributed by atoms with Crippen LogP contribution in [0.15, 0.2) is 36.3 Å². The summed E-state index contributed by atoms with van der Waals surface area (Å²) in [5.41, 5.74) is 2.70. The van der Waals surface area contributed by atoms with Gasteiger partial charge in [0.15, 0.2) is 0 Å². The van der Waals surface area contributed by atoms with Gasteiger partial charge in [0.05, 0.1) is 0 Å². The summed E-state index contributed by atoms with van der Waals surface area (Å²) in [5, 5.41) is 0. The van der Waals surface area contributed by atoms with Crippen molar-refractivity contribution in [3.63, 3.8) is 0 Å². The number of rotatable bonds is 5. The number of hydrogen-bond donors (Lipinski definition) is 0. The third-order valence-corrected chi connectivity index (χ3v) is 5.46. The van der Waals surface area contributed by atoms with Crippen LogP contribution >= 0.6 is 7.92 Å². The summed E-state index contributed by atoms with van der Waals surface area (Å²) in [6.07, 6.45) is 5.10.